The van der Waals surface area contributed by atoms with Gasteiger partial charge in [-0.25, -0.2) is 4.79 Å². The van der Waals surface area contributed by atoms with Crippen LogP contribution in [0.1, 0.15) is 33.6 Å². The first kappa shape index (κ1) is 20.4. The van der Waals surface area contributed by atoms with Crippen molar-refractivity contribution in [2.45, 2.75) is 45.3 Å². The second-order valence-electron chi connectivity index (χ2n) is 7.51. The van der Waals surface area contributed by atoms with E-state index < -0.39 is 10.5 Å². The molecule has 1 saturated heterocycles. The smallest absolute Gasteiger partial charge is 0.410 e. The number of nitro groups is 1. The summed E-state index contributed by atoms with van der Waals surface area (Å²) in [5.41, 5.74) is 0.370. The number of allylic oxidation sites excluding steroid dienone is 4. The van der Waals surface area contributed by atoms with Gasteiger partial charge in [0.05, 0.1) is 16.2 Å². The first-order valence-electron chi connectivity index (χ1n) is 8.84. The average molecular weight is 374 g/mol. The molecule has 2 N–H and O–H groups in total. The van der Waals surface area contributed by atoms with Crippen LogP contribution in [-0.4, -0.2) is 46.4 Å². The maximum absolute atomic E-state index is 12.1. The molecule has 0 bridgehead atoms. The van der Waals surface area contributed by atoms with E-state index in [4.69, 9.17) is 10.1 Å². The quantitative estimate of drug-likeness (QED) is 0.580. The summed E-state index contributed by atoms with van der Waals surface area (Å²) in [5.74, 6) is 0. The number of hydrogen-bond donors (Lipinski definition) is 2. The van der Waals surface area contributed by atoms with Gasteiger partial charge in [-0.1, -0.05) is 12.7 Å². The number of nitrogens with one attached hydrogen (secondary N) is 2. The lowest BCUT2D eigenvalue weighted by Crippen LogP contribution is -2.45. The van der Waals surface area contributed by atoms with E-state index in [1.165, 1.54) is 18.2 Å². The van der Waals surface area contributed by atoms with E-state index in [0.29, 0.717) is 24.2 Å². The van der Waals surface area contributed by atoms with E-state index in [2.05, 4.69) is 11.9 Å². The van der Waals surface area contributed by atoms with Gasteiger partial charge < -0.3 is 20.4 Å². The number of amides is 1. The second kappa shape index (κ2) is 8.20. The van der Waals surface area contributed by atoms with Gasteiger partial charge in [-0.2, -0.15) is 0 Å². The number of ether oxygens (including phenoxy) is 1. The Morgan fingerprint density at radius 1 is 1.41 bits per heavy atom. The summed E-state index contributed by atoms with van der Waals surface area (Å²) in [4.78, 5) is 24.5. The maximum atomic E-state index is 12.1. The third-order valence-electron chi connectivity index (χ3n) is 4.24. The van der Waals surface area contributed by atoms with Gasteiger partial charge in [-0.3, -0.25) is 10.1 Å². The topological polar surface area (TPSA) is 109 Å². The molecule has 2 rings (SSSR count). The molecule has 8 heteroatoms. The van der Waals surface area contributed by atoms with Crippen molar-refractivity contribution in [3.05, 3.63) is 58.0 Å². The summed E-state index contributed by atoms with van der Waals surface area (Å²) >= 11 is 0. The van der Waals surface area contributed by atoms with Crippen molar-refractivity contribution in [2.24, 2.45) is 0 Å². The minimum Gasteiger partial charge on any atom is -0.444 e. The zero-order valence-electron chi connectivity index (χ0n) is 15.9. The van der Waals surface area contributed by atoms with Gasteiger partial charge >= 0.3 is 6.09 Å². The van der Waals surface area contributed by atoms with Crippen LogP contribution >= 0.6 is 0 Å². The Morgan fingerprint density at radius 3 is 2.56 bits per heavy atom. The molecule has 0 unspecified atom stereocenters. The van der Waals surface area contributed by atoms with Crippen LogP contribution in [0.25, 0.3) is 0 Å². The highest BCUT2D eigenvalue weighted by atomic mass is 16.6. The lowest BCUT2D eigenvalue weighted by atomic mass is 9.98. The van der Waals surface area contributed by atoms with Crippen LogP contribution < -0.4 is 5.32 Å². The van der Waals surface area contributed by atoms with Crippen LogP contribution in [0.4, 0.5) is 4.79 Å². The van der Waals surface area contributed by atoms with Crippen LogP contribution in [0.2, 0.25) is 0 Å². The Bertz CT molecular complexity index is 735. The fourth-order valence-electron chi connectivity index (χ4n) is 2.83. The van der Waals surface area contributed by atoms with Crippen molar-refractivity contribution in [1.29, 1.82) is 5.41 Å². The molecular formula is C19H26N4O4. The lowest BCUT2D eigenvalue weighted by Gasteiger charge is -2.33. The molecule has 1 fully saturated rings. The molecule has 2 aliphatic rings. The third kappa shape index (κ3) is 5.54. The van der Waals surface area contributed by atoms with Gasteiger partial charge in [0.1, 0.15) is 5.60 Å². The van der Waals surface area contributed by atoms with E-state index in [1.807, 2.05) is 20.8 Å². The van der Waals surface area contributed by atoms with Crippen LogP contribution in [0.15, 0.2) is 47.9 Å². The number of carbonyl (C=O) groups is 1. The summed E-state index contributed by atoms with van der Waals surface area (Å²) in [5, 5.41) is 22.4. The molecule has 27 heavy (non-hydrogen) atoms. The van der Waals surface area contributed by atoms with Gasteiger partial charge in [0.25, 0.3) is 5.70 Å². The zero-order valence-corrected chi connectivity index (χ0v) is 15.9. The normalized spacial score (nSPS) is 20.0. The van der Waals surface area contributed by atoms with Crippen molar-refractivity contribution in [3.8, 4) is 0 Å². The van der Waals surface area contributed by atoms with E-state index in [1.54, 1.807) is 11.1 Å². The molecule has 0 radical (unpaired) electrons. The Morgan fingerprint density at radius 2 is 2.04 bits per heavy atom. The SMILES string of the molecule is C=CC1=CC(=N)/C(=C\NC2CCN(C(=O)OC(C)(C)C)CC2)C=C1[N+](=O)[O-]. The van der Waals surface area contributed by atoms with E-state index in [9.17, 15) is 14.9 Å². The van der Waals surface area contributed by atoms with Crippen LogP contribution in [-0.2, 0) is 4.74 Å². The standard InChI is InChI=1S/C19H26N4O4/c1-5-13-10-16(20)14(11-17(13)23(25)26)12-21-15-6-8-22(9-7-15)18(24)27-19(2,3)4/h5,10-12,15,20-21H,1,6-9H2,2-4H3/b14-12-,20-16?. The summed E-state index contributed by atoms with van der Waals surface area (Å²) in [6.07, 6.45) is 6.97. The molecule has 1 amide bonds. The number of likely N-dealkylation sites (tertiary alicyclic amines) is 1. The molecule has 0 aromatic heterocycles. The van der Waals surface area contributed by atoms with Crippen LogP contribution in [0, 0.1) is 15.5 Å². The summed E-state index contributed by atoms with van der Waals surface area (Å²) in [6.45, 7) is 10.2. The Kier molecular flexibility index (Phi) is 6.20. The number of carbonyl (C=O) groups excluding carboxylic acids is 1. The van der Waals surface area contributed by atoms with Crippen LogP contribution in [0.3, 0.4) is 0 Å². The largest absolute Gasteiger partial charge is 0.444 e. The molecule has 0 spiro atoms. The number of nitrogens with zero attached hydrogens (tertiary/aromatic N) is 2. The molecule has 0 atom stereocenters. The molecule has 8 nitrogen and oxygen atoms in total. The highest BCUT2D eigenvalue weighted by Crippen LogP contribution is 2.22. The highest BCUT2D eigenvalue weighted by molar-refractivity contribution is 6.10. The molecule has 0 aromatic rings. The molecule has 1 heterocycles. The number of rotatable bonds is 4. The lowest BCUT2D eigenvalue weighted by molar-refractivity contribution is -0.420. The Balaban J connectivity index is 1.95. The fraction of sp³-hybridized carbons (Fsp3) is 0.474. The predicted molar refractivity (Wildman–Crippen MR) is 103 cm³/mol. The molecule has 1 aliphatic heterocycles. The highest BCUT2D eigenvalue weighted by Gasteiger charge is 2.27. The molecule has 146 valence electrons. The molecular weight excluding hydrogens is 348 g/mol. The van der Waals surface area contributed by atoms with Crippen molar-refractivity contribution >= 4 is 11.8 Å². The van der Waals surface area contributed by atoms with Gasteiger partial charge in [0.15, 0.2) is 0 Å². The van der Waals surface area contributed by atoms with E-state index >= 15 is 0 Å². The van der Waals surface area contributed by atoms with Crippen LogP contribution in [0.5, 0.6) is 0 Å². The second-order valence-corrected chi connectivity index (χ2v) is 7.51. The number of piperidine rings is 1. The summed E-state index contributed by atoms with van der Waals surface area (Å²) in [7, 11) is 0. The molecule has 1 aliphatic carbocycles. The van der Waals surface area contributed by atoms with Crippen molar-refractivity contribution in [3.63, 3.8) is 0 Å². The Hall–Kier alpha value is -2.90. The maximum Gasteiger partial charge on any atom is 0.410 e. The molecule has 0 aromatic carbocycles. The fourth-order valence-corrected chi connectivity index (χ4v) is 2.83. The predicted octanol–water partition coefficient (Wildman–Crippen LogP) is 3.17. The first-order valence-corrected chi connectivity index (χ1v) is 8.84. The van der Waals surface area contributed by atoms with Gasteiger partial charge in [-0.15, -0.1) is 0 Å². The van der Waals surface area contributed by atoms with E-state index in [-0.39, 0.29) is 23.5 Å². The van der Waals surface area contributed by atoms with Gasteiger partial charge in [0, 0.05) is 37.0 Å². The van der Waals surface area contributed by atoms with E-state index in [0.717, 1.165) is 12.8 Å². The zero-order chi connectivity index (χ0) is 20.2. The monoisotopic (exact) mass is 374 g/mol. The first-order chi connectivity index (χ1) is 12.6. The average Bonchev–Trinajstić information content (AvgIpc) is 2.59. The minimum absolute atomic E-state index is 0.0752. The van der Waals surface area contributed by atoms with Crippen molar-refractivity contribution < 1.29 is 14.5 Å². The Labute approximate surface area is 158 Å². The number of hydrogen-bond acceptors (Lipinski definition) is 6. The summed E-state index contributed by atoms with van der Waals surface area (Å²) in [6, 6.07) is 0.126. The van der Waals surface area contributed by atoms with Crippen molar-refractivity contribution in [1.82, 2.24) is 10.2 Å². The summed E-state index contributed by atoms with van der Waals surface area (Å²) < 4.78 is 5.38. The van der Waals surface area contributed by atoms with Gasteiger partial charge in [0.2, 0.25) is 0 Å². The van der Waals surface area contributed by atoms with Gasteiger partial charge in [-0.05, 0) is 39.7 Å². The molecule has 0 saturated carbocycles. The van der Waals surface area contributed by atoms with Crippen molar-refractivity contribution in [2.75, 3.05) is 13.1 Å². The third-order valence-corrected chi connectivity index (χ3v) is 4.24. The minimum atomic E-state index is -0.517.